The first-order valence-corrected chi connectivity index (χ1v) is 8.14. The number of fused-ring (bicyclic) bond motifs is 1. The summed E-state index contributed by atoms with van der Waals surface area (Å²) in [5.41, 5.74) is 2.14. The lowest BCUT2D eigenvalue weighted by atomic mass is 10.3. The molecule has 6 heteroatoms. The predicted molar refractivity (Wildman–Crippen MR) is 87.9 cm³/mol. The Balaban J connectivity index is 1.46. The van der Waals surface area contributed by atoms with Gasteiger partial charge >= 0.3 is 0 Å². The molecule has 0 saturated carbocycles. The van der Waals surface area contributed by atoms with Crippen LogP contribution in [-0.4, -0.2) is 32.3 Å². The van der Waals surface area contributed by atoms with E-state index in [1.165, 1.54) is 5.69 Å². The van der Waals surface area contributed by atoms with Gasteiger partial charge in [-0.3, -0.25) is 14.6 Å². The highest BCUT2D eigenvalue weighted by atomic mass is 16.5. The van der Waals surface area contributed by atoms with Crippen molar-refractivity contribution in [2.75, 3.05) is 6.54 Å². The van der Waals surface area contributed by atoms with E-state index >= 15 is 0 Å². The van der Waals surface area contributed by atoms with Gasteiger partial charge in [0.05, 0.1) is 43.5 Å². The third kappa shape index (κ3) is 3.55. The summed E-state index contributed by atoms with van der Waals surface area (Å²) < 4.78 is 13.7. The summed E-state index contributed by atoms with van der Waals surface area (Å²) in [4.78, 5) is 6.66. The van der Waals surface area contributed by atoms with Crippen molar-refractivity contribution >= 4 is 0 Å². The average molecular weight is 324 g/mol. The van der Waals surface area contributed by atoms with E-state index in [0.29, 0.717) is 6.61 Å². The molecule has 0 fully saturated rings. The smallest absolute Gasteiger partial charge is 0.117 e. The van der Waals surface area contributed by atoms with Gasteiger partial charge in [0, 0.05) is 25.5 Å². The molecule has 1 aliphatic rings. The molecular formula is C18H20N4O2. The molecule has 6 nitrogen and oxygen atoms in total. The Morgan fingerprint density at radius 1 is 1.12 bits per heavy atom. The van der Waals surface area contributed by atoms with E-state index in [1.807, 2.05) is 41.2 Å². The number of furan rings is 1. The zero-order valence-electron chi connectivity index (χ0n) is 13.4. The number of ether oxygens (including phenoxy) is 1. The standard InChI is InChI=1S/C18H20N4O2/c1-2-7-19-15(4-1)14-24-18-12-21(11-17-5-3-9-23-17)10-16-6-8-20-22(16)13-18/h1-9,18H,10-14H2/t18-/m1/s1. The molecule has 0 amide bonds. The van der Waals surface area contributed by atoms with Crippen LogP contribution in [0, 0.1) is 0 Å². The summed E-state index contributed by atoms with van der Waals surface area (Å²) in [7, 11) is 0. The third-order valence-corrected chi connectivity index (χ3v) is 4.18. The summed E-state index contributed by atoms with van der Waals surface area (Å²) >= 11 is 0. The number of hydrogen-bond donors (Lipinski definition) is 0. The molecule has 0 N–H and O–H groups in total. The monoisotopic (exact) mass is 324 g/mol. The van der Waals surface area contributed by atoms with Crippen LogP contribution in [-0.2, 0) is 31.0 Å². The van der Waals surface area contributed by atoms with Gasteiger partial charge in [0.2, 0.25) is 0 Å². The molecule has 1 atom stereocenters. The van der Waals surface area contributed by atoms with Crippen molar-refractivity contribution < 1.29 is 9.15 Å². The van der Waals surface area contributed by atoms with Gasteiger partial charge < -0.3 is 9.15 Å². The van der Waals surface area contributed by atoms with Crippen molar-refractivity contribution in [1.29, 1.82) is 0 Å². The molecule has 0 bridgehead atoms. The van der Waals surface area contributed by atoms with Crippen molar-refractivity contribution in [2.45, 2.75) is 32.3 Å². The summed E-state index contributed by atoms with van der Waals surface area (Å²) in [5.74, 6) is 0.964. The molecule has 24 heavy (non-hydrogen) atoms. The van der Waals surface area contributed by atoms with Gasteiger partial charge in [-0.05, 0) is 30.3 Å². The Morgan fingerprint density at radius 3 is 2.96 bits per heavy atom. The second-order valence-electron chi connectivity index (χ2n) is 6.01. The van der Waals surface area contributed by atoms with Crippen molar-refractivity contribution in [3.63, 3.8) is 0 Å². The SMILES string of the molecule is c1ccc(CO[C@@H]2CN(Cc3ccco3)Cc3ccnn3C2)nc1. The van der Waals surface area contributed by atoms with Gasteiger partial charge in [-0.1, -0.05) is 6.07 Å². The van der Waals surface area contributed by atoms with Gasteiger partial charge in [0.1, 0.15) is 5.76 Å². The zero-order valence-corrected chi connectivity index (χ0v) is 13.4. The van der Waals surface area contributed by atoms with Gasteiger partial charge in [0.15, 0.2) is 0 Å². The van der Waals surface area contributed by atoms with E-state index < -0.39 is 0 Å². The van der Waals surface area contributed by atoms with Crippen LogP contribution in [0.25, 0.3) is 0 Å². The molecule has 0 aliphatic carbocycles. The Hall–Kier alpha value is -2.44. The predicted octanol–water partition coefficient (Wildman–Crippen LogP) is 2.47. The Labute approximate surface area is 140 Å². The quantitative estimate of drug-likeness (QED) is 0.722. The maximum atomic E-state index is 6.13. The molecular weight excluding hydrogens is 304 g/mol. The Bertz CT molecular complexity index is 754. The fourth-order valence-electron chi connectivity index (χ4n) is 3.03. The number of aromatic nitrogens is 3. The largest absolute Gasteiger partial charge is 0.468 e. The minimum Gasteiger partial charge on any atom is -0.468 e. The summed E-state index contributed by atoms with van der Waals surface area (Å²) in [6.45, 7) is 3.70. The summed E-state index contributed by atoms with van der Waals surface area (Å²) in [6.07, 6.45) is 5.41. The van der Waals surface area contributed by atoms with Crippen LogP contribution >= 0.6 is 0 Å². The van der Waals surface area contributed by atoms with Crippen molar-refractivity contribution in [2.24, 2.45) is 0 Å². The van der Waals surface area contributed by atoms with Gasteiger partial charge in [-0.2, -0.15) is 5.10 Å². The van der Waals surface area contributed by atoms with Crippen molar-refractivity contribution in [1.82, 2.24) is 19.7 Å². The zero-order chi connectivity index (χ0) is 16.2. The van der Waals surface area contributed by atoms with Gasteiger partial charge in [-0.25, -0.2) is 0 Å². The molecule has 4 heterocycles. The highest BCUT2D eigenvalue weighted by Gasteiger charge is 2.23. The molecule has 0 saturated heterocycles. The molecule has 124 valence electrons. The molecule has 3 aromatic heterocycles. The van der Waals surface area contributed by atoms with E-state index in [-0.39, 0.29) is 6.10 Å². The van der Waals surface area contributed by atoms with E-state index in [2.05, 4.69) is 21.0 Å². The van der Waals surface area contributed by atoms with Crippen LogP contribution in [0.2, 0.25) is 0 Å². The molecule has 4 rings (SSSR count). The van der Waals surface area contributed by atoms with Gasteiger partial charge in [-0.15, -0.1) is 0 Å². The summed E-state index contributed by atoms with van der Waals surface area (Å²) in [6, 6.07) is 11.9. The van der Waals surface area contributed by atoms with Crippen molar-refractivity contribution in [3.05, 3.63) is 72.2 Å². The first kappa shape index (κ1) is 15.1. The third-order valence-electron chi connectivity index (χ3n) is 4.18. The van der Waals surface area contributed by atoms with Crippen LogP contribution in [0.15, 0.2) is 59.5 Å². The fourth-order valence-corrected chi connectivity index (χ4v) is 3.03. The second kappa shape index (κ2) is 6.98. The summed E-state index contributed by atoms with van der Waals surface area (Å²) in [5, 5.41) is 4.42. The van der Waals surface area contributed by atoms with E-state index in [4.69, 9.17) is 9.15 Å². The number of pyridine rings is 1. The molecule has 0 spiro atoms. The van der Waals surface area contributed by atoms with Crippen LogP contribution in [0.5, 0.6) is 0 Å². The van der Waals surface area contributed by atoms with E-state index in [1.54, 1.807) is 12.5 Å². The van der Waals surface area contributed by atoms with Gasteiger partial charge in [0.25, 0.3) is 0 Å². The highest BCUT2D eigenvalue weighted by Crippen LogP contribution is 2.17. The van der Waals surface area contributed by atoms with Crippen LogP contribution in [0.4, 0.5) is 0 Å². The molecule has 0 unspecified atom stereocenters. The molecule has 0 aromatic carbocycles. The molecule has 0 radical (unpaired) electrons. The Kier molecular flexibility index (Phi) is 4.40. The van der Waals surface area contributed by atoms with Crippen LogP contribution in [0.3, 0.4) is 0 Å². The minimum atomic E-state index is 0.0584. The molecule has 3 aromatic rings. The highest BCUT2D eigenvalue weighted by molar-refractivity contribution is 5.05. The lowest BCUT2D eigenvalue weighted by Crippen LogP contribution is -2.32. The van der Waals surface area contributed by atoms with Crippen molar-refractivity contribution in [3.8, 4) is 0 Å². The van der Waals surface area contributed by atoms with E-state index in [9.17, 15) is 0 Å². The minimum absolute atomic E-state index is 0.0584. The number of rotatable bonds is 5. The average Bonchev–Trinajstić information content (AvgIpc) is 3.23. The van der Waals surface area contributed by atoms with Crippen LogP contribution < -0.4 is 0 Å². The second-order valence-corrected chi connectivity index (χ2v) is 6.01. The first-order chi connectivity index (χ1) is 11.9. The van der Waals surface area contributed by atoms with Crippen LogP contribution in [0.1, 0.15) is 17.1 Å². The maximum Gasteiger partial charge on any atom is 0.117 e. The Morgan fingerprint density at radius 2 is 2.12 bits per heavy atom. The number of nitrogens with zero attached hydrogens (tertiary/aromatic N) is 4. The fraction of sp³-hybridized carbons (Fsp3) is 0.333. The normalized spacial score (nSPS) is 18.2. The first-order valence-electron chi connectivity index (χ1n) is 8.14. The maximum absolute atomic E-state index is 6.13. The lowest BCUT2D eigenvalue weighted by Gasteiger charge is -2.23. The topological polar surface area (TPSA) is 56.3 Å². The lowest BCUT2D eigenvalue weighted by molar-refractivity contribution is 0.00476. The molecule has 1 aliphatic heterocycles. The van der Waals surface area contributed by atoms with E-state index in [0.717, 1.165) is 37.6 Å². The number of hydrogen-bond acceptors (Lipinski definition) is 5.